The Balaban J connectivity index is 1.90. The molecule has 6 nitrogen and oxygen atoms in total. The van der Waals surface area contributed by atoms with E-state index in [1.807, 2.05) is 68.3 Å². The number of nitrogens with one attached hydrogen (secondary N) is 1. The maximum absolute atomic E-state index is 12.6. The Kier molecular flexibility index (Phi) is 4.35. The number of rotatable bonds is 4. The topological polar surface area (TPSA) is 61.4 Å². The molecule has 0 aliphatic carbocycles. The molecule has 0 spiro atoms. The molecule has 1 N–H and O–H groups in total. The molecule has 3 rings (SSSR count). The summed E-state index contributed by atoms with van der Waals surface area (Å²) in [5, 5.41) is 3.99. The molecule has 0 atom stereocenters. The zero-order valence-corrected chi connectivity index (χ0v) is 14.9. The van der Waals surface area contributed by atoms with Crippen LogP contribution < -0.4 is 15.1 Å². The van der Waals surface area contributed by atoms with Crippen LogP contribution in [-0.4, -0.2) is 44.1 Å². The summed E-state index contributed by atoms with van der Waals surface area (Å²) in [5.74, 6) is 1.11. The molecule has 0 fully saturated rings. The van der Waals surface area contributed by atoms with E-state index in [0.717, 1.165) is 10.1 Å². The lowest BCUT2D eigenvalue weighted by Crippen LogP contribution is -2.20. The van der Waals surface area contributed by atoms with Crippen molar-refractivity contribution in [2.75, 3.05) is 43.3 Å². The molecule has 1 aromatic carbocycles. The molecule has 7 heteroatoms. The lowest BCUT2D eigenvalue weighted by Gasteiger charge is -2.19. The van der Waals surface area contributed by atoms with E-state index >= 15 is 0 Å². The molecule has 0 bridgehead atoms. The number of anilines is 3. The molecule has 24 heavy (non-hydrogen) atoms. The molecule has 2 heterocycles. The third-order valence-electron chi connectivity index (χ3n) is 3.48. The Labute approximate surface area is 144 Å². The number of aromatic nitrogens is 2. The first-order valence-electron chi connectivity index (χ1n) is 7.47. The first kappa shape index (κ1) is 16.2. The molecule has 124 valence electrons. The minimum atomic E-state index is -0.152. The van der Waals surface area contributed by atoms with Crippen LogP contribution in [-0.2, 0) is 0 Å². The molecular weight excluding hydrogens is 322 g/mol. The predicted octanol–water partition coefficient (Wildman–Crippen LogP) is 3.08. The Hall–Kier alpha value is -2.67. The average molecular weight is 341 g/mol. The Morgan fingerprint density at radius 1 is 1.12 bits per heavy atom. The van der Waals surface area contributed by atoms with Gasteiger partial charge in [0.1, 0.15) is 5.69 Å². The van der Waals surface area contributed by atoms with Gasteiger partial charge in [0.2, 0.25) is 5.95 Å². The Morgan fingerprint density at radius 3 is 2.54 bits per heavy atom. The summed E-state index contributed by atoms with van der Waals surface area (Å²) in [5.41, 5.74) is 0.591. The van der Waals surface area contributed by atoms with Crippen molar-refractivity contribution in [2.45, 2.75) is 0 Å². The van der Waals surface area contributed by atoms with Gasteiger partial charge in [-0.3, -0.25) is 4.79 Å². The minimum Gasteiger partial charge on any atom is -0.361 e. The molecular formula is C17H19N5OS. The maximum Gasteiger partial charge on any atom is 0.265 e. The van der Waals surface area contributed by atoms with Gasteiger partial charge in [0, 0.05) is 32.9 Å². The zero-order chi connectivity index (χ0) is 17.3. The average Bonchev–Trinajstić information content (AvgIpc) is 2.99. The first-order chi connectivity index (χ1) is 11.5. The van der Waals surface area contributed by atoms with Gasteiger partial charge in [-0.25, -0.2) is 4.98 Å². The van der Waals surface area contributed by atoms with Gasteiger partial charge in [0.15, 0.2) is 5.82 Å². The van der Waals surface area contributed by atoms with Crippen molar-refractivity contribution in [3.05, 3.63) is 41.4 Å². The number of carbonyl (C=O) groups is 1. The highest BCUT2D eigenvalue weighted by Crippen LogP contribution is 2.28. The summed E-state index contributed by atoms with van der Waals surface area (Å²) in [6.45, 7) is 0. The predicted molar refractivity (Wildman–Crippen MR) is 100 cm³/mol. The number of benzene rings is 1. The SMILES string of the molecule is CN(C)c1ncc(NC(=O)c2cc3ccccc3s2)c(N(C)C)n1. The van der Waals surface area contributed by atoms with Crippen molar-refractivity contribution in [1.29, 1.82) is 0 Å². The standard InChI is InChI=1S/C17H19N5OS/c1-21(2)15-12(10-18-17(20-15)22(3)4)19-16(23)14-9-11-7-5-6-8-13(11)24-14/h5-10H,1-4H3,(H,19,23). The molecule has 3 aromatic rings. The molecule has 1 amide bonds. The summed E-state index contributed by atoms with van der Waals surface area (Å²) in [6.07, 6.45) is 1.64. The van der Waals surface area contributed by atoms with Gasteiger partial charge in [0.25, 0.3) is 5.91 Å². The van der Waals surface area contributed by atoms with Gasteiger partial charge in [-0.05, 0) is 17.5 Å². The summed E-state index contributed by atoms with van der Waals surface area (Å²) in [4.78, 5) is 25.7. The zero-order valence-electron chi connectivity index (χ0n) is 14.1. The third-order valence-corrected chi connectivity index (χ3v) is 4.59. The molecule has 0 aliphatic rings. The number of hydrogen-bond acceptors (Lipinski definition) is 6. The van der Waals surface area contributed by atoms with E-state index in [1.54, 1.807) is 6.20 Å². The van der Waals surface area contributed by atoms with Gasteiger partial charge in [-0.1, -0.05) is 18.2 Å². The third kappa shape index (κ3) is 3.16. The summed E-state index contributed by atoms with van der Waals surface area (Å²) in [6, 6.07) is 9.85. The van der Waals surface area contributed by atoms with Crippen molar-refractivity contribution in [3.8, 4) is 0 Å². The molecule has 0 saturated carbocycles. The van der Waals surface area contributed by atoms with Crippen LogP contribution in [0.4, 0.5) is 17.5 Å². The summed E-state index contributed by atoms with van der Waals surface area (Å²) < 4.78 is 1.09. The van der Waals surface area contributed by atoms with E-state index in [9.17, 15) is 4.79 Å². The fourth-order valence-corrected chi connectivity index (χ4v) is 3.24. The lowest BCUT2D eigenvalue weighted by atomic mass is 10.2. The van der Waals surface area contributed by atoms with Crippen LogP contribution in [0.1, 0.15) is 9.67 Å². The minimum absolute atomic E-state index is 0.152. The van der Waals surface area contributed by atoms with Crippen LogP contribution in [0, 0.1) is 0 Å². The second-order valence-electron chi connectivity index (χ2n) is 5.80. The first-order valence-corrected chi connectivity index (χ1v) is 8.29. The number of fused-ring (bicyclic) bond motifs is 1. The monoisotopic (exact) mass is 341 g/mol. The molecule has 2 aromatic heterocycles. The van der Waals surface area contributed by atoms with Crippen molar-refractivity contribution in [3.63, 3.8) is 0 Å². The van der Waals surface area contributed by atoms with Gasteiger partial charge in [-0.2, -0.15) is 4.98 Å². The van der Waals surface area contributed by atoms with E-state index in [1.165, 1.54) is 11.3 Å². The van der Waals surface area contributed by atoms with E-state index in [0.29, 0.717) is 22.3 Å². The maximum atomic E-state index is 12.6. The van der Waals surface area contributed by atoms with Crippen molar-refractivity contribution in [1.82, 2.24) is 9.97 Å². The number of nitrogens with zero attached hydrogens (tertiary/aromatic N) is 4. The second-order valence-corrected chi connectivity index (χ2v) is 6.88. The smallest absolute Gasteiger partial charge is 0.265 e. The highest BCUT2D eigenvalue weighted by Gasteiger charge is 2.16. The fourth-order valence-electron chi connectivity index (χ4n) is 2.29. The van der Waals surface area contributed by atoms with E-state index < -0.39 is 0 Å². The van der Waals surface area contributed by atoms with Crippen molar-refractivity contribution in [2.24, 2.45) is 0 Å². The van der Waals surface area contributed by atoms with Crippen LogP contribution >= 0.6 is 11.3 Å². The molecule has 0 saturated heterocycles. The molecule has 0 aliphatic heterocycles. The lowest BCUT2D eigenvalue weighted by molar-refractivity contribution is 0.103. The van der Waals surface area contributed by atoms with Crippen LogP contribution in [0.3, 0.4) is 0 Å². The number of amides is 1. The molecule has 0 radical (unpaired) electrons. The van der Waals surface area contributed by atoms with Crippen molar-refractivity contribution >= 4 is 44.8 Å². The highest BCUT2D eigenvalue weighted by atomic mass is 32.1. The quantitative estimate of drug-likeness (QED) is 0.790. The Bertz CT molecular complexity index is 855. The second kappa shape index (κ2) is 6.45. The fraction of sp³-hybridized carbons (Fsp3) is 0.235. The van der Waals surface area contributed by atoms with Gasteiger partial charge in [-0.15, -0.1) is 11.3 Å². The highest BCUT2D eigenvalue weighted by molar-refractivity contribution is 7.20. The number of carbonyl (C=O) groups excluding carboxylic acids is 1. The van der Waals surface area contributed by atoms with E-state index in [2.05, 4.69) is 15.3 Å². The summed E-state index contributed by atoms with van der Waals surface area (Å²) in [7, 11) is 7.53. The van der Waals surface area contributed by atoms with E-state index in [4.69, 9.17) is 0 Å². The van der Waals surface area contributed by atoms with E-state index in [-0.39, 0.29) is 5.91 Å². The van der Waals surface area contributed by atoms with Crippen LogP contribution in [0.5, 0.6) is 0 Å². The number of hydrogen-bond donors (Lipinski definition) is 1. The largest absolute Gasteiger partial charge is 0.361 e. The molecule has 0 unspecified atom stereocenters. The Morgan fingerprint density at radius 2 is 1.88 bits per heavy atom. The van der Waals surface area contributed by atoms with Crippen LogP contribution in [0.2, 0.25) is 0 Å². The van der Waals surface area contributed by atoms with Crippen molar-refractivity contribution < 1.29 is 4.79 Å². The van der Waals surface area contributed by atoms with Gasteiger partial charge >= 0.3 is 0 Å². The van der Waals surface area contributed by atoms with Gasteiger partial charge in [0.05, 0.1) is 11.1 Å². The van der Waals surface area contributed by atoms with Crippen LogP contribution in [0.15, 0.2) is 36.5 Å². The number of thiophene rings is 1. The van der Waals surface area contributed by atoms with Gasteiger partial charge < -0.3 is 15.1 Å². The van der Waals surface area contributed by atoms with Crippen LogP contribution in [0.25, 0.3) is 10.1 Å². The normalized spacial score (nSPS) is 10.7. The summed E-state index contributed by atoms with van der Waals surface area (Å²) >= 11 is 1.47.